The SMILES string of the molecule is C=C1C[C@@H](C(=O)O)N(C(=O)C(C)CSC(C)=O)C1. The summed E-state index contributed by atoms with van der Waals surface area (Å²) < 4.78 is 0. The van der Waals surface area contributed by atoms with Gasteiger partial charge >= 0.3 is 5.97 Å². The van der Waals surface area contributed by atoms with Gasteiger partial charge in [-0.15, -0.1) is 0 Å². The molecule has 1 fully saturated rings. The number of carbonyl (C=O) groups is 3. The molecule has 1 saturated heterocycles. The number of aliphatic carboxylic acids is 1. The summed E-state index contributed by atoms with van der Waals surface area (Å²) in [5, 5.41) is 9.01. The topological polar surface area (TPSA) is 74.7 Å². The summed E-state index contributed by atoms with van der Waals surface area (Å²) in [5.74, 6) is -1.22. The molecule has 0 spiro atoms. The molecule has 0 bridgehead atoms. The lowest BCUT2D eigenvalue weighted by Crippen LogP contribution is -2.43. The van der Waals surface area contributed by atoms with Crippen molar-refractivity contribution in [1.29, 1.82) is 0 Å². The highest BCUT2D eigenvalue weighted by molar-refractivity contribution is 8.13. The Morgan fingerprint density at radius 1 is 1.56 bits per heavy atom. The molecule has 5 nitrogen and oxygen atoms in total. The first-order valence-corrected chi connectivity index (χ1v) is 6.64. The van der Waals surface area contributed by atoms with Crippen LogP contribution in [0.25, 0.3) is 0 Å². The second-order valence-corrected chi connectivity index (χ2v) is 5.67. The van der Waals surface area contributed by atoms with Crippen LogP contribution >= 0.6 is 11.8 Å². The largest absolute Gasteiger partial charge is 0.480 e. The van der Waals surface area contributed by atoms with Crippen molar-refractivity contribution in [2.75, 3.05) is 12.3 Å². The molecule has 1 aliphatic rings. The first-order chi connectivity index (χ1) is 8.32. The summed E-state index contributed by atoms with van der Waals surface area (Å²) in [4.78, 5) is 35.4. The number of carboxylic acids is 1. The highest BCUT2D eigenvalue weighted by Gasteiger charge is 2.37. The van der Waals surface area contributed by atoms with Crippen LogP contribution in [0.5, 0.6) is 0 Å². The fourth-order valence-electron chi connectivity index (χ4n) is 1.85. The molecule has 1 amide bonds. The fourth-order valence-corrected chi connectivity index (χ4v) is 2.48. The minimum Gasteiger partial charge on any atom is -0.480 e. The van der Waals surface area contributed by atoms with Crippen LogP contribution in [-0.4, -0.2) is 45.3 Å². The molecule has 0 radical (unpaired) electrons. The van der Waals surface area contributed by atoms with Gasteiger partial charge < -0.3 is 10.0 Å². The van der Waals surface area contributed by atoms with Crippen LogP contribution < -0.4 is 0 Å². The second kappa shape index (κ2) is 6.04. The number of carboxylic acid groups (broad SMARTS) is 1. The third kappa shape index (κ3) is 3.60. The highest BCUT2D eigenvalue weighted by Crippen LogP contribution is 2.24. The predicted octanol–water partition coefficient (Wildman–Crippen LogP) is 1.14. The lowest BCUT2D eigenvalue weighted by atomic mass is 10.1. The van der Waals surface area contributed by atoms with E-state index in [0.29, 0.717) is 18.7 Å². The molecule has 0 aromatic carbocycles. The zero-order valence-electron chi connectivity index (χ0n) is 10.5. The van der Waals surface area contributed by atoms with Gasteiger partial charge in [0, 0.05) is 31.6 Å². The Bertz CT molecular complexity index is 394. The van der Waals surface area contributed by atoms with Crippen LogP contribution in [0.2, 0.25) is 0 Å². The van der Waals surface area contributed by atoms with E-state index < -0.39 is 12.0 Å². The van der Waals surface area contributed by atoms with E-state index in [9.17, 15) is 14.4 Å². The zero-order valence-corrected chi connectivity index (χ0v) is 11.3. The molecule has 1 rings (SSSR count). The zero-order chi connectivity index (χ0) is 13.9. The van der Waals surface area contributed by atoms with Gasteiger partial charge in [-0.25, -0.2) is 4.79 Å². The first kappa shape index (κ1) is 14.8. The first-order valence-electron chi connectivity index (χ1n) is 5.66. The third-order valence-corrected chi connectivity index (χ3v) is 3.85. The van der Waals surface area contributed by atoms with Crippen LogP contribution in [0.1, 0.15) is 20.3 Å². The summed E-state index contributed by atoms with van der Waals surface area (Å²) in [6, 6.07) is -0.810. The maximum atomic E-state index is 12.1. The van der Waals surface area contributed by atoms with E-state index in [1.54, 1.807) is 6.92 Å². The van der Waals surface area contributed by atoms with Crippen molar-refractivity contribution < 1.29 is 19.5 Å². The fraction of sp³-hybridized carbons (Fsp3) is 0.583. The standard InChI is InChI=1S/C12H17NO4S/c1-7-4-10(12(16)17)13(5-7)11(15)8(2)6-18-9(3)14/h8,10H,1,4-6H2,2-3H3,(H,16,17)/t8?,10-/m0/s1. The molecule has 0 saturated carbocycles. The number of likely N-dealkylation sites (tertiary alicyclic amines) is 1. The van der Waals surface area contributed by atoms with Crippen molar-refractivity contribution in [3.05, 3.63) is 12.2 Å². The Balaban J connectivity index is 2.67. The van der Waals surface area contributed by atoms with Crippen LogP contribution in [0, 0.1) is 5.92 Å². The molecule has 1 unspecified atom stereocenters. The number of hydrogen-bond donors (Lipinski definition) is 1. The summed E-state index contributed by atoms with van der Waals surface area (Å²) >= 11 is 1.08. The lowest BCUT2D eigenvalue weighted by molar-refractivity contribution is -0.149. The molecule has 0 aromatic heterocycles. The van der Waals surface area contributed by atoms with Crippen LogP contribution in [0.3, 0.4) is 0 Å². The minimum absolute atomic E-state index is 0.0460. The van der Waals surface area contributed by atoms with Gasteiger partial charge in [0.05, 0.1) is 0 Å². The van der Waals surface area contributed by atoms with Crippen molar-refractivity contribution in [3.8, 4) is 0 Å². The number of amides is 1. The van der Waals surface area contributed by atoms with Gasteiger partial charge in [-0.05, 0) is 0 Å². The number of hydrogen-bond acceptors (Lipinski definition) is 4. The Morgan fingerprint density at radius 2 is 2.17 bits per heavy atom. The summed E-state index contributed by atoms with van der Waals surface area (Å²) in [5.41, 5.74) is 0.752. The Hall–Kier alpha value is -1.30. The molecule has 2 atom stereocenters. The highest BCUT2D eigenvalue weighted by atomic mass is 32.2. The Morgan fingerprint density at radius 3 is 2.67 bits per heavy atom. The molecule has 0 aromatic rings. The maximum absolute atomic E-state index is 12.1. The van der Waals surface area contributed by atoms with Crippen molar-refractivity contribution >= 4 is 28.8 Å². The van der Waals surface area contributed by atoms with E-state index in [4.69, 9.17) is 5.11 Å². The van der Waals surface area contributed by atoms with E-state index in [2.05, 4.69) is 6.58 Å². The van der Waals surface area contributed by atoms with E-state index in [1.807, 2.05) is 0 Å². The summed E-state index contributed by atoms with van der Waals surface area (Å²) in [7, 11) is 0. The van der Waals surface area contributed by atoms with Gasteiger partial charge in [0.2, 0.25) is 5.91 Å². The number of nitrogens with zero attached hydrogens (tertiary/aromatic N) is 1. The average molecular weight is 271 g/mol. The summed E-state index contributed by atoms with van der Waals surface area (Å²) in [6.07, 6.45) is 0.313. The van der Waals surface area contributed by atoms with Crippen LogP contribution in [0.4, 0.5) is 0 Å². The van der Waals surface area contributed by atoms with Crippen molar-refractivity contribution in [1.82, 2.24) is 4.90 Å². The van der Waals surface area contributed by atoms with E-state index in [1.165, 1.54) is 11.8 Å². The van der Waals surface area contributed by atoms with Gasteiger partial charge in [0.15, 0.2) is 5.12 Å². The van der Waals surface area contributed by atoms with Crippen molar-refractivity contribution in [3.63, 3.8) is 0 Å². The normalized spacial score (nSPS) is 20.9. The van der Waals surface area contributed by atoms with Crippen LogP contribution in [-0.2, 0) is 14.4 Å². The molecule has 1 N–H and O–H groups in total. The molecule has 0 aliphatic carbocycles. The number of carbonyl (C=O) groups excluding carboxylic acids is 2. The van der Waals surface area contributed by atoms with Crippen LogP contribution in [0.15, 0.2) is 12.2 Å². The Kier molecular flexibility index (Phi) is 4.95. The molecule has 18 heavy (non-hydrogen) atoms. The molecule has 1 heterocycles. The van der Waals surface area contributed by atoms with E-state index >= 15 is 0 Å². The second-order valence-electron chi connectivity index (χ2n) is 4.48. The average Bonchev–Trinajstić information content (AvgIpc) is 2.67. The molecular weight excluding hydrogens is 254 g/mol. The van der Waals surface area contributed by atoms with Gasteiger partial charge in [-0.1, -0.05) is 30.8 Å². The minimum atomic E-state index is -1.01. The van der Waals surface area contributed by atoms with Crippen molar-refractivity contribution in [2.45, 2.75) is 26.3 Å². The van der Waals surface area contributed by atoms with Gasteiger partial charge in [-0.3, -0.25) is 9.59 Å². The van der Waals surface area contributed by atoms with Crippen molar-refractivity contribution in [2.24, 2.45) is 5.92 Å². The summed E-state index contributed by atoms with van der Waals surface area (Å²) in [6.45, 7) is 7.18. The van der Waals surface area contributed by atoms with Gasteiger partial charge in [-0.2, -0.15) is 0 Å². The lowest BCUT2D eigenvalue weighted by Gasteiger charge is -2.24. The molecule has 1 aliphatic heterocycles. The molecule has 100 valence electrons. The van der Waals surface area contributed by atoms with Gasteiger partial charge in [0.1, 0.15) is 6.04 Å². The Labute approximate surface area is 110 Å². The van der Waals surface area contributed by atoms with E-state index in [0.717, 1.165) is 17.3 Å². The monoisotopic (exact) mass is 271 g/mol. The third-order valence-electron chi connectivity index (χ3n) is 2.78. The quantitative estimate of drug-likeness (QED) is 0.776. The predicted molar refractivity (Wildman–Crippen MR) is 69.2 cm³/mol. The number of rotatable bonds is 4. The number of thioether (sulfide) groups is 1. The smallest absolute Gasteiger partial charge is 0.326 e. The molecular formula is C12H17NO4S. The van der Waals surface area contributed by atoms with E-state index in [-0.39, 0.29) is 16.9 Å². The van der Waals surface area contributed by atoms with Gasteiger partial charge in [0.25, 0.3) is 0 Å². The molecule has 6 heteroatoms. The maximum Gasteiger partial charge on any atom is 0.326 e.